The smallest absolute Gasteiger partial charge is 0.0578 e. The second-order valence-corrected chi connectivity index (χ2v) is 11.4. The summed E-state index contributed by atoms with van der Waals surface area (Å²) >= 11 is 0. The van der Waals surface area contributed by atoms with Crippen molar-refractivity contribution in [3.05, 3.63) is 35.5 Å². The SMILES string of the molecule is CC(C)C/C=C\[C@@H](C)[C@H]1CC[C@H]2C3=CC=C4C[C@@H](O)CC[C@]4(C)[C@H]3CC[C@]12C. The maximum atomic E-state index is 10.2. The number of hydrogen-bond donors (Lipinski definition) is 1. The van der Waals surface area contributed by atoms with Crippen molar-refractivity contribution in [1.82, 2.24) is 0 Å². The van der Waals surface area contributed by atoms with Gasteiger partial charge in [0.1, 0.15) is 0 Å². The molecule has 4 aliphatic carbocycles. The second-order valence-electron chi connectivity index (χ2n) is 11.4. The molecule has 28 heavy (non-hydrogen) atoms. The number of fused-ring (bicyclic) bond motifs is 5. The molecule has 0 aromatic heterocycles. The Morgan fingerprint density at radius 2 is 1.82 bits per heavy atom. The van der Waals surface area contributed by atoms with Crippen LogP contribution in [0.2, 0.25) is 0 Å². The standard InChI is InChI=1S/C27H42O/c1-18(2)7-6-8-19(3)23-11-12-24-22-10-9-20-17-21(28)13-15-26(20,4)25(22)14-16-27(23,24)5/h6,8-10,18-19,21,23-25,28H,7,11-17H2,1-5H3/b8-6-/t19-,21+,23-,24+,25+,26+,27-/m1/s1. The molecule has 0 heterocycles. The molecule has 1 N–H and O–H groups in total. The van der Waals surface area contributed by atoms with E-state index in [0.29, 0.717) is 16.7 Å². The van der Waals surface area contributed by atoms with E-state index in [2.05, 4.69) is 58.9 Å². The van der Waals surface area contributed by atoms with Gasteiger partial charge in [0.15, 0.2) is 0 Å². The molecular formula is C27H42O. The topological polar surface area (TPSA) is 20.2 Å². The molecule has 0 aliphatic heterocycles. The third-order valence-corrected chi connectivity index (χ3v) is 9.30. The molecule has 0 saturated heterocycles. The van der Waals surface area contributed by atoms with Crippen molar-refractivity contribution in [3.63, 3.8) is 0 Å². The lowest BCUT2D eigenvalue weighted by Gasteiger charge is -2.55. The van der Waals surface area contributed by atoms with E-state index in [4.69, 9.17) is 0 Å². The van der Waals surface area contributed by atoms with Gasteiger partial charge in [-0.25, -0.2) is 0 Å². The van der Waals surface area contributed by atoms with Crippen LogP contribution in [0.25, 0.3) is 0 Å². The van der Waals surface area contributed by atoms with Crippen molar-refractivity contribution in [2.24, 2.45) is 40.4 Å². The van der Waals surface area contributed by atoms with E-state index in [1.54, 1.807) is 5.57 Å². The Hall–Kier alpha value is -0.820. The minimum Gasteiger partial charge on any atom is -0.393 e. The third-order valence-electron chi connectivity index (χ3n) is 9.30. The van der Waals surface area contributed by atoms with Gasteiger partial charge in [-0.15, -0.1) is 0 Å². The van der Waals surface area contributed by atoms with E-state index in [1.807, 2.05) is 0 Å². The van der Waals surface area contributed by atoms with Crippen molar-refractivity contribution in [1.29, 1.82) is 0 Å². The summed E-state index contributed by atoms with van der Waals surface area (Å²) in [5.41, 5.74) is 4.09. The maximum Gasteiger partial charge on any atom is 0.0578 e. The monoisotopic (exact) mass is 382 g/mol. The van der Waals surface area contributed by atoms with Crippen LogP contribution in [0, 0.1) is 40.4 Å². The Morgan fingerprint density at radius 1 is 1.04 bits per heavy atom. The molecule has 156 valence electrons. The molecule has 4 aliphatic rings. The zero-order valence-electron chi connectivity index (χ0n) is 18.9. The lowest BCUT2D eigenvalue weighted by Crippen LogP contribution is -2.46. The molecule has 7 atom stereocenters. The van der Waals surface area contributed by atoms with Gasteiger partial charge in [0.25, 0.3) is 0 Å². The van der Waals surface area contributed by atoms with Crippen LogP contribution in [-0.2, 0) is 0 Å². The van der Waals surface area contributed by atoms with E-state index >= 15 is 0 Å². The van der Waals surface area contributed by atoms with E-state index in [9.17, 15) is 5.11 Å². The Labute approximate surface area is 173 Å². The minimum atomic E-state index is -0.113. The average Bonchev–Trinajstić information content (AvgIpc) is 2.99. The number of rotatable bonds is 4. The van der Waals surface area contributed by atoms with E-state index in [0.717, 1.165) is 36.5 Å². The highest BCUT2D eigenvalue weighted by Gasteiger charge is 2.56. The van der Waals surface area contributed by atoms with E-state index < -0.39 is 0 Å². The van der Waals surface area contributed by atoms with E-state index in [1.165, 1.54) is 44.1 Å². The van der Waals surface area contributed by atoms with Gasteiger partial charge in [0.05, 0.1) is 6.10 Å². The van der Waals surface area contributed by atoms with Crippen molar-refractivity contribution in [2.45, 2.75) is 92.1 Å². The summed E-state index contributed by atoms with van der Waals surface area (Å²) in [6.45, 7) is 12.2. The quantitative estimate of drug-likeness (QED) is 0.515. The molecular weight excluding hydrogens is 340 g/mol. The minimum absolute atomic E-state index is 0.113. The first-order valence-electron chi connectivity index (χ1n) is 12.0. The Kier molecular flexibility index (Phi) is 5.45. The molecule has 0 spiro atoms. The van der Waals surface area contributed by atoms with Gasteiger partial charge >= 0.3 is 0 Å². The van der Waals surface area contributed by atoms with Gasteiger partial charge in [-0.2, -0.15) is 0 Å². The summed E-state index contributed by atoms with van der Waals surface area (Å²) in [5, 5.41) is 10.2. The molecule has 0 bridgehead atoms. The predicted octanol–water partition coefficient (Wildman–Crippen LogP) is 7.08. The van der Waals surface area contributed by atoms with Gasteiger partial charge in [-0.3, -0.25) is 0 Å². The number of aliphatic hydroxyl groups excluding tert-OH is 1. The number of hydrogen-bond acceptors (Lipinski definition) is 1. The normalized spacial score (nSPS) is 44.0. The maximum absolute atomic E-state index is 10.2. The van der Waals surface area contributed by atoms with Gasteiger partial charge in [-0.1, -0.05) is 70.1 Å². The molecule has 3 fully saturated rings. The first kappa shape index (κ1) is 20.5. The van der Waals surface area contributed by atoms with Crippen LogP contribution in [0.1, 0.15) is 86.0 Å². The summed E-state index contributed by atoms with van der Waals surface area (Å²) in [6, 6.07) is 0. The fraction of sp³-hybridized carbons (Fsp3) is 0.778. The molecule has 0 aromatic carbocycles. The van der Waals surface area contributed by atoms with Crippen LogP contribution in [-0.4, -0.2) is 11.2 Å². The van der Waals surface area contributed by atoms with Crippen molar-refractivity contribution < 1.29 is 5.11 Å². The van der Waals surface area contributed by atoms with Gasteiger partial charge in [0.2, 0.25) is 0 Å². The van der Waals surface area contributed by atoms with Gasteiger partial charge in [-0.05, 0) is 91.8 Å². The zero-order valence-corrected chi connectivity index (χ0v) is 18.9. The van der Waals surface area contributed by atoms with Crippen molar-refractivity contribution >= 4 is 0 Å². The predicted molar refractivity (Wildman–Crippen MR) is 119 cm³/mol. The van der Waals surface area contributed by atoms with E-state index in [-0.39, 0.29) is 6.10 Å². The zero-order chi connectivity index (χ0) is 20.1. The summed E-state index contributed by atoms with van der Waals surface area (Å²) in [4.78, 5) is 0. The average molecular weight is 383 g/mol. The fourth-order valence-corrected chi connectivity index (χ4v) is 7.59. The lowest BCUT2D eigenvalue weighted by atomic mass is 9.50. The largest absolute Gasteiger partial charge is 0.393 e. The summed E-state index contributed by atoms with van der Waals surface area (Å²) < 4.78 is 0. The molecule has 0 unspecified atom stereocenters. The van der Waals surface area contributed by atoms with Crippen molar-refractivity contribution in [2.75, 3.05) is 0 Å². The first-order chi connectivity index (χ1) is 13.3. The Morgan fingerprint density at radius 3 is 2.57 bits per heavy atom. The number of allylic oxidation sites excluding steroid dienone is 5. The van der Waals surface area contributed by atoms with Crippen LogP contribution in [0.4, 0.5) is 0 Å². The van der Waals surface area contributed by atoms with Crippen LogP contribution >= 0.6 is 0 Å². The fourth-order valence-electron chi connectivity index (χ4n) is 7.59. The van der Waals surface area contributed by atoms with Crippen LogP contribution in [0.5, 0.6) is 0 Å². The Bertz CT molecular complexity index is 682. The highest BCUT2D eigenvalue weighted by molar-refractivity contribution is 5.39. The molecule has 1 heteroatoms. The first-order valence-corrected chi connectivity index (χ1v) is 12.0. The summed E-state index contributed by atoms with van der Waals surface area (Å²) in [7, 11) is 0. The third kappa shape index (κ3) is 3.26. The van der Waals surface area contributed by atoms with Crippen LogP contribution in [0.15, 0.2) is 35.5 Å². The molecule has 4 rings (SSSR count). The molecule has 0 aromatic rings. The highest BCUT2D eigenvalue weighted by Crippen LogP contribution is 2.65. The van der Waals surface area contributed by atoms with Gasteiger partial charge in [0, 0.05) is 0 Å². The molecule has 3 saturated carbocycles. The van der Waals surface area contributed by atoms with Crippen LogP contribution < -0.4 is 0 Å². The van der Waals surface area contributed by atoms with Gasteiger partial charge < -0.3 is 5.11 Å². The van der Waals surface area contributed by atoms with Crippen LogP contribution in [0.3, 0.4) is 0 Å². The highest BCUT2D eigenvalue weighted by atomic mass is 16.3. The molecule has 0 radical (unpaired) electrons. The molecule has 0 amide bonds. The lowest BCUT2D eigenvalue weighted by molar-refractivity contribution is 0.0383. The summed E-state index contributed by atoms with van der Waals surface area (Å²) in [5.74, 6) is 3.78. The Balaban J connectivity index is 1.57. The summed E-state index contributed by atoms with van der Waals surface area (Å²) in [6.07, 6.45) is 19.6. The van der Waals surface area contributed by atoms with Crippen molar-refractivity contribution in [3.8, 4) is 0 Å². The molecule has 1 nitrogen and oxygen atoms in total. The second kappa shape index (κ2) is 7.46. The number of aliphatic hydroxyl groups is 1.